The van der Waals surface area contributed by atoms with Crippen molar-refractivity contribution in [1.82, 2.24) is 0 Å². The molecule has 2 N–H and O–H groups in total. The van der Waals surface area contributed by atoms with Crippen LogP contribution in [-0.2, 0) is 14.3 Å². The minimum atomic E-state index is -1.22. The van der Waals surface area contributed by atoms with Gasteiger partial charge >= 0.3 is 11.9 Å². The van der Waals surface area contributed by atoms with Crippen LogP contribution < -0.4 is 0 Å². The SMILES string of the molecule is CCCCOC(CC(=O)O)C(=O)O. The standard InChI is InChI=1S/C8H14O5/c1-2-3-4-13-6(8(11)12)5-7(9)10/h6H,2-5H2,1H3,(H,9,10)(H,11,12). The monoisotopic (exact) mass is 190 g/mol. The molecule has 0 aliphatic carbocycles. The molecule has 5 nitrogen and oxygen atoms in total. The average molecular weight is 190 g/mol. The summed E-state index contributed by atoms with van der Waals surface area (Å²) in [7, 11) is 0. The Morgan fingerprint density at radius 3 is 2.38 bits per heavy atom. The Balaban J connectivity index is 3.81. The van der Waals surface area contributed by atoms with Crippen molar-refractivity contribution in [3.8, 4) is 0 Å². The predicted octanol–water partition coefficient (Wildman–Crippen LogP) is 0.731. The molecule has 0 aromatic rings. The van der Waals surface area contributed by atoms with Crippen molar-refractivity contribution < 1.29 is 24.5 Å². The highest BCUT2D eigenvalue weighted by Gasteiger charge is 2.20. The summed E-state index contributed by atoms with van der Waals surface area (Å²) in [6.07, 6.45) is -0.0777. The fourth-order valence-electron chi connectivity index (χ4n) is 0.746. The minimum absolute atomic E-state index is 0.292. The zero-order valence-electron chi connectivity index (χ0n) is 7.52. The molecule has 0 aliphatic rings. The minimum Gasteiger partial charge on any atom is -0.481 e. The number of aliphatic carboxylic acids is 2. The maximum absolute atomic E-state index is 10.4. The smallest absolute Gasteiger partial charge is 0.333 e. The number of carboxylic acids is 2. The molecule has 5 heteroatoms. The Morgan fingerprint density at radius 2 is 2.00 bits per heavy atom. The number of unbranched alkanes of at least 4 members (excludes halogenated alkanes) is 1. The van der Waals surface area contributed by atoms with Crippen LogP contribution in [0.4, 0.5) is 0 Å². The van der Waals surface area contributed by atoms with E-state index in [-0.39, 0.29) is 0 Å². The van der Waals surface area contributed by atoms with Crippen molar-refractivity contribution in [3.63, 3.8) is 0 Å². The van der Waals surface area contributed by atoms with Crippen molar-refractivity contribution in [1.29, 1.82) is 0 Å². The molecule has 1 atom stereocenters. The van der Waals surface area contributed by atoms with Gasteiger partial charge in [-0.05, 0) is 6.42 Å². The fourth-order valence-corrected chi connectivity index (χ4v) is 0.746. The first-order valence-corrected chi connectivity index (χ1v) is 4.14. The zero-order chi connectivity index (χ0) is 10.3. The van der Waals surface area contributed by atoms with Gasteiger partial charge in [-0.1, -0.05) is 13.3 Å². The molecule has 13 heavy (non-hydrogen) atoms. The lowest BCUT2D eigenvalue weighted by molar-refractivity contribution is -0.156. The third-order valence-corrected chi connectivity index (χ3v) is 1.45. The van der Waals surface area contributed by atoms with E-state index in [9.17, 15) is 9.59 Å². The maximum Gasteiger partial charge on any atom is 0.333 e. The Hall–Kier alpha value is -1.10. The Labute approximate surface area is 76.3 Å². The molecule has 1 unspecified atom stereocenters. The van der Waals surface area contributed by atoms with Crippen molar-refractivity contribution in [2.45, 2.75) is 32.3 Å². The second-order valence-corrected chi connectivity index (χ2v) is 2.65. The third-order valence-electron chi connectivity index (χ3n) is 1.45. The second kappa shape index (κ2) is 6.42. The summed E-state index contributed by atoms with van der Waals surface area (Å²) in [6.45, 7) is 2.23. The van der Waals surface area contributed by atoms with Crippen molar-refractivity contribution >= 4 is 11.9 Å². The van der Waals surface area contributed by atoms with E-state index >= 15 is 0 Å². The van der Waals surface area contributed by atoms with E-state index < -0.39 is 24.5 Å². The summed E-state index contributed by atoms with van der Waals surface area (Å²) in [4.78, 5) is 20.6. The summed E-state index contributed by atoms with van der Waals surface area (Å²) in [5, 5.41) is 16.9. The normalized spacial score (nSPS) is 12.4. The van der Waals surface area contributed by atoms with E-state index in [0.29, 0.717) is 6.61 Å². The Morgan fingerprint density at radius 1 is 1.38 bits per heavy atom. The van der Waals surface area contributed by atoms with E-state index in [0.717, 1.165) is 12.8 Å². The molecule has 0 spiro atoms. The van der Waals surface area contributed by atoms with Gasteiger partial charge in [0.15, 0.2) is 6.10 Å². The van der Waals surface area contributed by atoms with Gasteiger partial charge in [0, 0.05) is 6.61 Å². The summed E-state index contributed by atoms with van der Waals surface area (Å²) >= 11 is 0. The summed E-state index contributed by atoms with van der Waals surface area (Å²) in [5.74, 6) is -2.39. The number of hydrogen-bond acceptors (Lipinski definition) is 3. The van der Waals surface area contributed by atoms with Crippen molar-refractivity contribution in [2.75, 3.05) is 6.61 Å². The van der Waals surface area contributed by atoms with Crippen LogP contribution in [-0.4, -0.2) is 34.9 Å². The molecule has 0 radical (unpaired) electrons. The molecule has 76 valence electrons. The van der Waals surface area contributed by atoms with Gasteiger partial charge in [0.05, 0.1) is 6.42 Å². The first kappa shape index (κ1) is 11.9. The number of rotatable bonds is 7. The number of hydrogen-bond donors (Lipinski definition) is 2. The van der Waals surface area contributed by atoms with Crippen LogP contribution in [0.1, 0.15) is 26.2 Å². The number of ether oxygens (including phenoxy) is 1. The molecule has 0 fully saturated rings. The van der Waals surface area contributed by atoms with Gasteiger partial charge in [-0.3, -0.25) is 4.79 Å². The van der Waals surface area contributed by atoms with Crippen LogP contribution >= 0.6 is 0 Å². The van der Waals surface area contributed by atoms with Gasteiger partial charge in [-0.25, -0.2) is 4.79 Å². The van der Waals surface area contributed by atoms with E-state index in [4.69, 9.17) is 14.9 Å². The molecule has 0 aromatic heterocycles. The van der Waals surface area contributed by atoms with Gasteiger partial charge < -0.3 is 14.9 Å². The molecule has 0 saturated heterocycles. The molecule has 0 amide bonds. The van der Waals surface area contributed by atoms with E-state index in [1.165, 1.54) is 0 Å². The molecule has 0 rings (SSSR count). The van der Waals surface area contributed by atoms with Crippen LogP contribution in [0.15, 0.2) is 0 Å². The molecule has 0 bridgehead atoms. The molecule has 0 aliphatic heterocycles. The van der Waals surface area contributed by atoms with Gasteiger partial charge in [-0.2, -0.15) is 0 Å². The van der Waals surface area contributed by atoms with Crippen LogP contribution in [0, 0.1) is 0 Å². The van der Waals surface area contributed by atoms with Crippen LogP contribution in [0.3, 0.4) is 0 Å². The highest BCUT2D eigenvalue weighted by molar-refractivity contribution is 5.79. The van der Waals surface area contributed by atoms with Crippen LogP contribution in [0.2, 0.25) is 0 Å². The molecular weight excluding hydrogens is 176 g/mol. The third kappa shape index (κ3) is 6.10. The lowest BCUT2D eigenvalue weighted by atomic mass is 10.2. The first-order chi connectivity index (χ1) is 6.07. The topological polar surface area (TPSA) is 83.8 Å². The number of carbonyl (C=O) groups is 2. The second-order valence-electron chi connectivity index (χ2n) is 2.65. The predicted molar refractivity (Wildman–Crippen MR) is 44.5 cm³/mol. The van der Waals surface area contributed by atoms with E-state index in [1.807, 2.05) is 6.92 Å². The Bertz CT molecular complexity index is 177. The largest absolute Gasteiger partial charge is 0.481 e. The fraction of sp³-hybridized carbons (Fsp3) is 0.750. The number of carboxylic acid groups (broad SMARTS) is 2. The van der Waals surface area contributed by atoms with Crippen LogP contribution in [0.5, 0.6) is 0 Å². The Kier molecular flexibility index (Phi) is 5.88. The van der Waals surface area contributed by atoms with Crippen LogP contribution in [0.25, 0.3) is 0 Å². The van der Waals surface area contributed by atoms with Crippen molar-refractivity contribution in [2.24, 2.45) is 0 Å². The summed E-state index contributed by atoms with van der Waals surface area (Å²) in [5.41, 5.74) is 0. The highest BCUT2D eigenvalue weighted by atomic mass is 16.5. The molecule has 0 aromatic carbocycles. The van der Waals surface area contributed by atoms with Crippen molar-refractivity contribution in [3.05, 3.63) is 0 Å². The molecular formula is C8H14O5. The lowest BCUT2D eigenvalue weighted by Gasteiger charge is -2.10. The summed E-state index contributed by atoms with van der Waals surface area (Å²) < 4.78 is 4.87. The quantitative estimate of drug-likeness (QED) is 0.578. The van der Waals surface area contributed by atoms with E-state index in [2.05, 4.69) is 0 Å². The van der Waals surface area contributed by atoms with Gasteiger partial charge in [0.25, 0.3) is 0 Å². The van der Waals surface area contributed by atoms with Gasteiger partial charge in [0.1, 0.15) is 0 Å². The van der Waals surface area contributed by atoms with Gasteiger partial charge in [-0.15, -0.1) is 0 Å². The zero-order valence-corrected chi connectivity index (χ0v) is 7.52. The highest BCUT2D eigenvalue weighted by Crippen LogP contribution is 2.01. The lowest BCUT2D eigenvalue weighted by Crippen LogP contribution is -2.27. The first-order valence-electron chi connectivity index (χ1n) is 4.14. The van der Waals surface area contributed by atoms with E-state index in [1.54, 1.807) is 0 Å². The maximum atomic E-state index is 10.4. The van der Waals surface area contributed by atoms with Gasteiger partial charge in [0.2, 0.25) is 0 Å². The summed E-state index contributed by atoms with van der Waals surface area (Å²) in [6, 6.07) is 0. The molecule has 0 saturated carbocycles. The molecule has 0 heterocycles. The average Bonchev–Trinajstić information content (AvgIpc) is 2.02.